The average Bonchev–Trinajstić information content (AvgIpc) is 3.18. The van der Waals surface area contributed by atoms with Gasteiger partial charge >= 0.3 is 18.6 Å². The molecule has 29 heavy (non-hydrogen) atoms. The summed E-state index contributed by atoms with van der Waals surface area (Å²) in [6.07, 6.45) is 0. The molecule has 6 nitrogen and oxygen atoms in total. The number of allylic oxidation sites excluding steroid dienone is 1. The second kappa shape index (κ2) is 9.04. The van der Waals surface area contributed by atoms with Crippen LogP contribution in [0.5, 0.6) is 5.75 Å². The highest BCUT2D eigenvalue weighted by Gasteiger charge is 2.38. The van der Waals surface area contributed by atoms with Crippen LogP contribution in [0.4, 0.5) is 13.6 Å². The van der Waals surface area contributed by atoms with Gasteiger partial charge in [-0.1, -0.05) is 24.3 Å². The SMILES string of the molecule is CCOC(=O)C1=C(C)N(Cc2cccs2)C(=O)NC1c1ccccc1OC(F)F. The van der Waals surface area contributed by atoms with Crippen molar-refractivity contribution in [3.8, 4) is 5.75 Å². The van der Waals surface area contributed by atoms with Gasteiger partial charge in [-0.25, -0.2) is 9.59 Å². The van der Waals surface area contributed by atoms with Crippen molar-refractivity contribution in [1.82, 2.24) is 10.2 Å². The molecule has 0 bridgehead atoms. The first-order valence-electron chi connectivity index (χ1n) is 8.94. The molecule has 2 aromatic rings. The number of carbonyl (C=O) groups is 2. The molecule has 154 valence electrons. The standard InChI is InChI=1S/C20H20F2N2O4S/c1-3-27-18(25)16-12(2)24(11-13-7-6-10-29-13)20(26)23-17(16)14-8-4-5-9-15(14)28-19(21)22/h4-10,17,19H,3,11H2,1-2H3,(H,23,26). The number of hydrogen-bond donors (Lipinski definition) is 1. The fourth-order valence-electron chi connectivity index (χ4n) is 3.16. The van der Waals surface area contributed by atoms with Gasteiger partial charge in [0.05, 0.1) is 24.8 Å². The summed E-state index contributed by atoms with van der Waals surface area (Å²) in [5.74, 6) is -0.743. The highest BCUT2D eigenvalue weighted by molar-refractivity contribution is 7.09. The molecule has 1 aromatic heterocycles. The van der Waals surface area contributed by atoms with Gasteiger partial charge in [-0.05, 0) is 31.4 Å². The summed E-state index contributed by atoms with van der Waals surface area (Å²) in [4.78, 5) is 27.9. The van der Waals surface area contributed by atoms with Crippen LogP contribution in [-0.2, 0) is 16.1 Å². The molecule has 0 aliphatic carbocycles. The molecule has 1 N–H and O–H groups in total. The van der Waals surface area contributed by atoms with Crippen LogP contribution in [0.15, 0.2) is 53.0 Å². The molecule has 0 saturated carbocycles. The minimum absolute atomic E-state index is 0.117. The Kier molecular flexibility index (Phi) is 6.48. The largest absolute Gasteiger partial charge is 0.463 e. The molecule has 1 unspecified atom stereocenters. The molecule has 0 fully saturated rings. The Bertz CT molecular complexity index is 915. The molecule has 1 aliphatic rings. The average molecular weight is 422 g/mol. The summed E-state index contributed by atoms with van der Waals surface area (Å²) < 4.78 is 35.5. The number of urea groups is 1. The zero-order chi connectivity index (χ0) is 21.0. The predicted octanol–water partition coefficient (Wildman–Crippen LogP) is 4.45. The van der Waals surface area contributed by atoms with Crippen LogP contribution in [0, 0.1) is 0 Å². The lowest BCUT2D eigenvalue weighted by Crippen LogP contribution is -2.47. The number of halogens is 2. The van der Waals surface area contributed by atoms with Crippen LogP contribution in [-0.4, -0.2) is 30.1 Å². The Labute approximate surface area is 170 Å². The summed E-state index contributed by atoms with van der Waals surface area (Å²) in [5.41, 5.74) is 0.824. The number of amides is 2. The van der Waals surface area contributed by atoms with E-state index < -0.39 is 24.7 Å². The van der Waals surface area contributed by atoms with Crippen molar-refractivity contribution in [2.45, 2.75) is 33.0 Å². The number of hydrogen-bond acceptors (Lipinski definition) is 5. The molecule has 0 spiro atoms. The lowest BCUT2D eigenvalue weighted by Gasteiger charge is -2.35. The van der Waals surface area contributed by atoms with Crippen LogP contribution < -0.4 is 10.1 Å². The topological polar surface area (TPSA) is 67.9 Å². The van der Waals surface area contributed by atoms with E-state index >= 15 is 0 Å². The Morgan fingerprint density at radius 2 is 2.03 bits per heavy atom. The Morgan fingerprint density at radius 1 is 1.28 bits per heavy atom. The lowest BCUT2D eigenvalue weighted by atomic mass is 9.94. The maximum atomic E-state index is 12.9. The number of para-hydroxylation sites is 1. The quantitative estimate of drug-likeness (QED) is 0.670. The van der Waals surface area contributed by atoms with Crippen LogP contribution in [0.25, 0.3) is 0 Å². The maximum Gasteiger partial charge on any atom is 0.387 e. The van der Waals surface area contributed by atoms with Crippen molar-refractivity contribution in [2.75, 3.05) is 6.61 Å². The first-order valence-corrected chi connectivity index (χ1v) is 9.82. The smallest absolute Gasteiger partial charge is 0.387 e. The van der Waals surface area contributed by atoms with E-state index in [9.17, 15) is 18.4 Å². The third-order valence-electron chi connectivity index (χ3n) is 4.43. The summed E-state index contributed by atoms with van der Waals surface area (Å²) in [7, 11) is 0. The molecular weight excluding hydrogens is 402 g/mol. The van der Waals surface area contributed by atoms with E-state index in [4.69, 9.17) is 4.74 Å². The van der Waals surface area contributed by atoms with Crippen LogP contribution in [0.2, 0.25) is 0 Å². The van der Waals surface area contributed by atoms with Crippen molar-refractivity contribution >= 4 is 23.3 Å². The van der Waals surface area contributed by atoms with Crippen LogP contribution >= 0.6 is 11.3 Å². The van der Waals surface area contributed by atoms with Gasteiger partial charge in [0.2, 0.25) is 0 Å². The van der Waals surface area contributed by atoms with Gasteiger partial charge in [-0.3, -0.25) is 4.90 Å². The lowest BCUT2D eigenvalue weighted by molar-refractivity contribution is -0.139. The van der Waals surface area contributed by atoms with Crippen molar-refractivity contribution in [3.63, 3.8) is 0 Å². The third-order valence-corrected chi connectivity index (χ3v) is 5.29. The molecule has 1 atom stereocenters. The van der Waals surface area contributed by atoms with Crippen molar-refractivity contribution in [3.05, 3.63) is 63.5 Å². The maximum absolute atomic E-state index is 12.9. The van der Waals surface area contributed by atoms with Crippen molar-refractivity contribution in [2.24, 2.45) is 0 Å². The number of ether oxygens (including phenoxy) is 2. The van der Waals surface area contributed by atoms with Gasteiger partial charge in [0.15, 0.2) is 0 Å². The van der Waals surface area contributed by atoms with Gasteiger partial charge in [-0.2, -0.15) is 8.78 Å². The van der Waals surface area contributed by atoms with Crippen LogP contribution in [0.1, 0.15) is 30.3 Å². The van der Waals surface area contributed by atoms with E-state index in [1.165, 1.54) is 34.4 Å². The summed E-state index contributed by atoms with van der Waals surface area (Å²) >= 11 is 1.48. The zero-order valence-corrected chi connectivity index (χ0v) is 16.7. The van der Waals surface area contributed by atoms with E-state index in [0.29, 0.717) is 5.70 Å². The Morgan fingerprint density at radius 3 is 2.69 bits per heavy atom. The number of nitrogens with zero attached hydrogens (tertiary/aromatic N) is 1. The second-order valence-corrected chi connectivity index (χ2v) is 7.22. The monoisotopic (exact) mass is 422 g/mol. The normalized spacial score (nSPS) is 16.8. The zero-order valence-electron chi connectivity index (χ0n) is 15.9. The number of benzene rings is 1. The molecule has 2 amide bonds. The number of carbonyl (C=O) groups excluding carboxylic acids is 2. The highest BCUT2D eigenvalue weighted by atomic mass is 32.1. The first-order chi connectivity index (χ1) is 13.9. The number of nitrogens with one attached hydrogen (secondary N) is 1. The second-order valence-electron chi connectivity index (χ2n) is 6.18. The minimum atomic E-state index is -3.04. The number of thiophene rings is 1. The van der Waals surface area contributed by atoms with Gasteiger partial charge in [-0.15, -0.1) is 11.3 Å². The van der Waals surface area contributed by atoms with E-state index in [2.05, 4.69) is 10.1 Å². The van der Waals surface area contributed by atoms with Crippen molar-refractivity contribution in [1.29, 1.82) is 0 Å². The minimum Gasteiger partial charge on any atom is -0.463 e. The van der Waals surface area contributed by atoms with Gasteiger partial charge in [0.25, 0.3) is 0 Å². The van der Waals surface area contributed by atoms with Gasteiger partial charge < -0.3 is 14.8 Å². The molecule has 3 rings (SSSR count). The molecular formula is C20H20F2N2O4S. The van der Waals surface area contributed by atoms with E-state index in [-0.39, 0.29) is 30.0 Å². The molecule has 1 aromatic carbocycles. The highest BCUT2D eigenvalue weighted by Crippen LogP contribution is 2.37. The van der Waals surface area contributed by atoms with E-state index in [0.717, 1.165) is 4.88 Å². The summed E-state index contributed by atoms with van der Waals surface area (Å²) in [6.45, 7) is 0.682. The van der Waals surface area contributed by atoms with Gasteiger partial charge in [0.1, 0.15) is 5.75 Å². The van der Waals surface area contributed by atoms with E-state index in [1.54, 1.807) is 19.9 Å². The van der Waals surface area contributed by atoms with Crippen molar-refractivity contribution < 1.29 is 27.8 Å². The fraction of sp³-hybridized carbons (Fsp3) is 0.300. The first kappa shape index (κ1) is 20.8. The van der Waals surface area contributed by atoms with Gasteiger partial charge in [0, 0.05) is 16.1 Å². The Balaban J connectivity index is 2.06. The van der Waals surface area contributed by atoms with Crippen LogP contribution in [0.3, 0.4) is 0 Å². The molecule has 0 radical (unpaired) electrons. The summed E-state index contributed by atoms with van der Waals surface area (Å²) in [6, 6.07) is 8.39. The third kappa shape index (κ3) is 4.56. The Hall–Kier alpha value is -2.94. The predicted molar refractivity (Wildman–Crippen MR) is 104 cm³/mol. The molecule has 0 saturated heterocycles. The summed E-state index contributed by atoms with van der Waals surface area (Å²) in [5, 5.41) is 4.63. The van der Waals surface area contributed by atoms with E-state index in [1.807, 2.05) is 17.5 Å². The molecule has 9 heteroatoms. The number of alkyl halides is 2. The molecule has 2 heterocycles. The number of esters is 1. The molecule has 1 aliphatic heterocycles. The fourth-order valence-corrected chi connectivity index (χ4v) is 3.85. The number of rotatable bonds is 7.